The summed E-state index contributed by atoms with van der Waals surface area (Å²) in [4.78, 5) is 22.8. The highest BCUT2D eigenvalue weighted by atomic mass is 16.4. The monoisotopic (exact) mass is 336 g/mol. The summed E-state index contributed by atoms with van der Waals surface area (Å²) in [5.74, 6) is -8.19. The molecule has 9 heteroatoms. The van der Waals surface area contributed by atoms with Gasteiger partial charge in [0.25, 0.3) is 0 Å². The summed E-state index contributed by atoms with van der Waals surface area (Å²) in [6, 6.07) is 1.54. The molecule has 24 heavy (non-hydrogen) atoms. The quantitative estimate of drug-likeness (QED) is 0.410. The molecule has 0 amide bonds. The van der Waals surface area contributed by atoms with Crippen LogP contribution in [0.2, 0.25) is 0 Å². The first-order valence-electron chi connectivity index (χ1n) is 6.38. The summed E-state index contributed by atoms with van der Waals surface area (Å²) < 4.78 is 0. The molecule has 0 aliphatic rings. The van der Waals surface area contributed by atoms with Crippen molar-refractivity contribution in [1.29, 1.82) is 0 Å². The van der Waals surface area contributed by atoms with Gasteiger partial charge in [0, 0.05) is 11.1 Å². The Morgan fingerprint density at radius 3 is 1.58 bits per heavy atom. The normalized spacial score (nSPS) is 10.5. The second kappa shape index (κ2) is 5.54. The van der Waals surface area contributed by atoms with Crippen LogP contribution in [0, 0.1) is 6.92 Å². The molecule has 126 valence electrons. The Bertz CT molecular complexity index is 810. The van der Waals surface area contributed by atoms with E-state index in [0.29, 0.717) is 6.07 Å². The molecule has 0 atom stereocenters. The van der Waals surface area contributed by atoms with E-state index in [2.05, 4.69) is 0 Å². The average molecular weight is 336 g/mol. The van der Waals surface area contributed by atoms with Gasteiger partial charge < -0.3 is 35.7 Å². The fraction of sp³-hybridized carbons (Fsp3) is 0.0667. The zero-order valence-corrected chi connectivity index (χ0v) is 12.1. The van der Waals surface area contributed by atoms with Crippen LogP contribution in [0.25, 0.3) is 11.1 Å². The Morgan fingerprint density at radius 2 is 1.12 bits per heavy atom. The fourth-order valence-corrected chi connectivity index (χ4v) is 2.28. The van der Waals surface area contributed by atoms with Crippen LogP contribution in [0.1, 0.15) is 26.3 Å². The van der Waals surface area contributed by atoms with Crippen molar-refractivity contribution in [3.05, 3.63) is 28.8 Å². The van der Waals surface area contributed by atoms with Gasteiger partial charge in [0.15, 0.2) is 23.0 Å². The first-order chi connectivity index (χ1) is 11.1. The number of carboxylic acids is 2. The van der Waals surface area contributed by atoms with Crippen LogP contribution < -0.4 is 0 Å². The second-order valence-electron chi connectivity index (χ2n) is 4.94. The average Bonchev–Trinajstić information content (AvgIpc) is 2.50. The first-order valence-corrected chi connectivity index (χ1v) is 6.38. The summed E-state index contributed by atoms with van der Waals surface area (Å²) >= 11 is 0. The summed E-state index contributed by atoms with van der Waals surface area (Å²) in [6.07, 6.45) is 0. The third-order valence-electron chi connectivity index (χ3n) is 3.43. The lowest BCUT2D eigenvalue weighted by molar-refractivity contribution is 0.0683. The molecule has 0 aliphatic heterocycles. The molecular formula is C15H12O9. The van der Waals surface area contributed by atoms with Gasteiger partial charge in [0.05, 0.1) is 11.1 Å². The number of hydrogen-bond donors (Lipinski definition) is 7. The van der Waals surface area contributed by atoms with Gasteiger partial charge in [-0.1, -0.05) is 0 Å². The number of carbonyl (C=O) groups is 2. The maximum Gasteiger partial charge on any atom is 0.336 e. The van der Waals surface area contributed by atoms with E-state index >= 15 is 0 Å². The second-order valence-corrected chi connectivity index (χ2v) is 4.94. The molecule has 0 aromatic heterocycles. The van der Waals surface area contributed by atoms with Crippen LogP contribution in [0.5, 0.6) is 28.7 Å². The molecule has 2 rings (SSSR count). The van der Waals surface area contributed by atoms with Crippen molar-refractivity contribution in [2.45, 2.75) is 6.92 Å². The number of phenolic OH excluding ortho intramolecular Hbond substituents is 5. The van der Waals surface area contributed by atoms with Crippen LogP contribution in [0.3, 0.4) is 0 Å². The molecule has 0 radical (unpaired) electrons. The maximum atomic E-state index is 11.4. The number of hydrogen-bond acceptors (Lipinski definition) is 7. The van der Waals surface area contributed by atoms with Gasteiger partial charge in [0.1, 0.15) is 0 Å². The van der Waals surface area contributed by atoms with E-state index < -0.39 is 62.9 Å². The van der Waals surface area contributed by atoms with Crippen molar-refractivity contribution < 1.29 is 45.3 Å². The van der Waals surface area contributed by atoms with Gasteiger partial charge in [-0.15, -0.1) is 0 Å². The molecule has 9 nitrogen and oxygen atoms in total. The number of aromatic carboxylic acids is 2. The topological polar surface area (TPSA) is 176 Å². The van der Waals surface area contributed by atoms with Crippen molar-refractivity contribution in [3.8, 4) is 39.9 Å². The predicted molar refractivity (Wildman–Crippen MR) is 78.9 cm³/mol. The van der Waals surface area contributed by atoms with Gasteiger partial charge in [-0.05, 0) is 24.6 Å². The zero-order valence-electron chi connectivity index (χ0n) is 12.1. The highest BCUT2D eigenvalue weighted by molar-refractivity contribution is 6.07. The molecule has 0 fully saturated rings. The number of rotatable bonds is 3. The molecule has 2 aromatic rings. The van der Waals surface area contributed by atoms with E-state index in [-0.39, 0.29) is 5.56 Å². The van der Waals surface area contributed by atoms with Crippen LogP contribution >= 0.6 is 0 Å². The third kappa shape index (κ3) is 2.37. The minimum atomic E-state index is -1.67. The zero-order chi connectivity index (χ0) is 18.3. The Labute approximate surface area is 133 Å². The van der Waals surface area contributed by atoms with Crippen LogP contribution in [0.15, 0.2) is 12.1 Å². The van der Waals surface area contributed by atoms with Crippen LogP contribution in [0.4, 0.5) is 0 Å². The summed E-state index contributed by atoms with van der Waals surface area (Å²) in [5, 5.41) is 67.5. The van der Waals surface area contributed by atoms with Crippen molar-refractivity contribution >= 4 is 11.9 Å². The highest BCUT2D eigenvalue weighted by Crippen LogP contribution is 2.50. The van der Waals surface area contributed by atoms with Crippen molar-refractivity contribution in [1.82, 2.24) is 0 Å². The number of aryl methyl sites for hydroxylation is 1. The standard InChI is InChI=1S/C15H12O9/c1-4-2-5(14(21)22)8(12(19)10(4)17)9-6(15(23)24)3-7(16)11(18)13(9)20/h2-3,16-20H,1H3,(H,21,22)(H,23,24). The number of phenols is 5. The molecule has 0 bridgehead atoms. The fourth-order valence-electron chi connectivity index (χ4n) is 2.28. The first kappa shape index (κ1) is 16.7. The molecule has 0 saturated heterocycles. The summed E-state index contributed by atoms with van der Waals surface area (Å²) in [5.41, 5.74) is -2.89. The smallest absolute Gasteiger partial charge is 0.336 e. The molecule has 0 unspecified atom stereocenters. The number of aromatic hydroxyl groups is 5. The number of benzene rings is 2. The Kier molecular flexibility index (Phi) is 3.86. The van der Waals surface area contributed by atoms with Crippen molar-refractivity contribution in [3.63, 3.8) is 0 Å². The van der Waals surface area contributed by atoms with Gasteiger partial charge in [-0.25, -0.2) is 9.59 Å². The third-order valence-corrected chi connectivity index (χ3v) is 3.43. The molecular weight excluding hydrogens is 324 g/mol. The Hall–Kier alpha value is -3.62. The predicted octanol–water partition coefficient (Wildman–Crippen LogP) is 1.59. The Morgan fingerprint density at radius 1 is 0.708 bits per heavy atom. The van der Waals surface area contributed by atoms with E-state index in [1.165, 1.54) is 6.92 Å². The molecule has 0 saturated carbocycles. The Balaban J connectivity index is 3.07. The van der Waals surface area contributed by atoms with E-state index in [1.54, 1.807) is 0 Å². The van der Waals surface area contributed by atoms with E-state index in [1.807, 2.05) is 0 Å². The molecule has 7 N–H and O–H groups in total. The summed E-state index contributed by atoms with van der Waals surface area (Å²) in [7, 11) is 0. The SMILES string of the molecule is Cc1cc(C(=O)O)c(-c2c(C(=O)O)cc(O)c(O)c2O)c(O)c1O. The maximum absolute atomic E-state index is 11.4. The molecule has 2 aromatic carbocycles. The van der Waals surface area contributed by atoms with Crippen molar-refractivity contribution in [2.24, 2.45) is 0 Å². The lowest BCUT2D eigenvalue weighted by Crippen LogP contribution is -2.06. The molecule has 0 aliphatic carbocycles. The van der Waals surface area contributed by atoms with Gasteiger partial charge in [-0.2, -0.15) is 0 Å². The van der Waals surface area contributed by atoms with Gasteiger partial charge in [0.2, 0.25) is 5.75 Å². The lowest BCUT2D eigenvalue weighted by Gasteiger charge is -2.16. The summed E-state index contributed by atoms with van der Waals surface area (Å²) in [6.45, 7) is 1.30. The molecule has 0 spiro atoms. The highest BCUT2D eigenvalue weighted by Gasteiger charge is 2.30. The molecule has 0 heterocycles. The van der Waals surface area contributed by atoms with E-state index in [9.17, 15) is 45.3 Å². The van der Waals surface area contributed by atoms with E-state index in [4.69, 9.17) is 0 Å². The van der Waals surface area contributed by atoms with E-state index in [0.717, 1.165) is 6.07 Å². The number of carboxylic acid groups (broad SMARTS) is 2. The lowest BCUT2D eigenvalue weighted by atomic mass is 9.91. The van der Waals surface area contributed by atoms with Gasteiger partial charge in [-0.3, -0.25) is 0 Å². The minimum Gasteiger partial charge on any atom is -0.504 e. The van der Waals surface area contributed by atoms with Gasteiger partial charge >= 0.3 is 11.9 Å². The van der Waals surface area contributed by atoms with Crippen LogP contribution in [-0.2, 0) is 0 Å². The largest absolute Gasteiger partial charge is 0.504 e. The minimum absolute atomic E-state index is 0.00647. The van der Waals surface area contributed by atoms with Crippen molar-refractivity contribution in [2.75, 3.05) is 0 Å². The van der Waals surface area contributed by atoms with Crippen LogP contribution in [-0.4, -0.2) is 47.7 Å².